The van der Waals surface area contributed by atoms with Gasteiger partial charge in [-0.2, -0.15) is 0 Å². The number of likely N-dealkylation sites (N-methyl/N-ethyl adjacent to an activating group) is 2. The van der Waals surface area contributed by atoms with Crippen LogP contribution in [0, 0.1) is 5.92 Å². The zero-order valence-corrected chi connectivity index (χ0v) is 18.4. The van der Waals surface area contributed by atoms with Crippen molar-refractivity contribution in [2.24, 2.45) is 11.1 Å². The predicted octanol–water partition coefficient (Wildman–Crippen LogP) is -0.123. The van der Waals surface area contributed by atoms with Gasteiger partial charge in [-0.3, -0.25) is 14.5 Å². The van der Waals surface area contributed by atoms with Gasteiger partial charge in [-0.05, 0) is 19.9 Å². The average molecular weight is 419 g/mol. The van der Waals surface area contributed by atoms with Crippen LogP contribution >= 0.6 is 0 Å². The van der Waals surface area contributed by atoms with Crippen molar-refractivity contribution in [3.63, 3.8) is 0 Å². The minimum atomic E-state index is -0.330. The number of carbonyl (C=O) groups is 2. The number of nitrogens with one attached hydrogen (secondary N) is 2. The van der Waals surface area contributed by atoms with E-state index in [0.717, 1.165) is 0 Å². The molecule has 0 fully saturated rings. The molecule has 0 saturated heterocycles. The molecule has 0 spiro atoms. The van der Waals surface area contributed by atoms with E-state index in [1.54, 1.807) is 13.1 Å². The summed E-state index contributed by atoms with van der Waals surface area (Å²) in [7, 11) is 3.41. The number of ether oxygens (including phenoxy) is 3. The molecule has 0 radical (unpaired) electrons. The normalized spacial score (nSPS) is 12.5. The molecular weight excluding hydrogens is 380 g/mol. The Bertz CT molecular complexity index is 462. The number of rotatable bonds is 18. The molecule has 0 aliphatic rings. The molecule has 0 heterocycles. The maximum Gasteiger partial charge on any atom is 0.239 e. The highest BCUT2D eigenvalue weighted by atomic mass is 16.6. The Balaban J connectivity index is 3.79. The van der Waals surface area contributed by atoms with Gasteiger partial charge < -0.3 is 29.7 Å². The fraction of sp³-hybridized carbons (Fsp3) is 0.842. The Morgan fingerprint density at radius 2 is 1.55 bits per heavy atom. The molecule has 0 aromatic heterocycles. The van der Waals surface area contributed by atoms with Crippen LogP contribution in [0.4, 0.5) is 0 Å². The Labute approximate surface area is 174 Å². The molecule has 2 amide bonds. The van der Waals surface area contributed by atoms with Crippen LogP contribution in [0.15, 0.2) is 5.16 Å². The molecule has 2 N–H and O–H groups in total. The van der Waals surface area contributed by atoms with Crippen LogP contribution in [0.1, 0.15) is 20.8 Å². The zero-order valence-electron chi connectivity index (χ0n) is 18.4. The van der Waals surface area contributed by atoms with Gasteiger partial charge in [0, 0.05) is 19.8 Å². The predicted molar refractivity (Wildman–Crippen MR) is 111 cm³/mol. The molecule has 0 bridgehead atoms. The van der Waals surface area contributed by atoms with Crippen molar-refractivity contribution in [2.45, 2.75) is 26.8 Å². The highest BCUT2D eigenvalue weighted by molar-refractivity contribution is 5.87. The van der Waals surface area contributed by atoms with Crippen molar-refractivity contribution < 1.29 is 28.6 Å². The number of hydrogen-bond acceptors (Lipinski definition) is 8. The van der Waals surface area contributed by atoms with Gasteiger partial charge in [-0.15, -0.1) is 0 Å². The summed E-state index contributed by atoms with van der Waals surface area (Å²) in [6, 6.07) is -0.330. The summed E-state index contributed by atoms with van der Waals surface area (Å²) in [6.07, 6.45) is 1.58. The summed E-state index contributed by atoms with van der Waals surface area (Å²) >= 11 is 0. The van der Waals surface area contributed by atoms with Gasteiger partial charge in [0.15, 0.2) is 0 Å². The van der Waals surface area contributed by atoms with E-state index in [1.165, 1.54) is 7.05 Å². The second-order valence-electron chi connectivity index (χ2n) is 6.59. The second-order valence-corrected chi connectivity index (χ2v) is 6.59. The summed E-state index contributed by atoms with van der Waals surface area (Å²) in [5, 5.41) is 8.76. The molecule has 0 rings (SSSR count). The lowest BCUT2D eigenvalue weighted by molar-refractivity contribution is -0.130. The molecule has 10 nitrogen and oxygen atoms in total. The van der Waals surface area contributed by atoms with Crippen LogP contribution in [0.2, 0.25) is 0 Å². The van der Waals surface area contributed by atoms with E-state index in [-0.39, 0.29) is 30.3 Å². The van der Waals surface area contributed by atoms with Crippen molar-refractivity contribution in [1.29, 1.82) is 0 Å². The maximum atomic E-state index is 12.4. The maximum absolute atomic E-state index is 12.4. The van der Waals surface area contributed by atoms with Gasteiger partial charge in [-0.1, -0.05) is 19.0 Å². The van der Waals surface area contributed by atoms with E-state index < -0.39 is 0 Å². The fourth-order valence-electron chi connectivity index (χ4n) is 2.49. The third kappa shape index (κ3) is 14.8. The van der Waals surface area contributed by atoms with E-state index in [9.17, 15) is 9.59 Å². The number of nitrogens with zero attached hydrogens (tertiary/aromatic N) is 2. The summed E-state index contributed by atoms with van der Waals surface area (Å²) in [5.41, 5.74) is 0. The third-order valence-electron chi connectivity index (χ3n) is 3.91. The number of oxime groups is 1. The van der Waals surface area contributed by atoms with E-state index >= 15 is 0 Å². The largest absolute Gasteiger partial charge is 0.394 e. The first-order chi connectivity index (χ1) is 13.9. The van der Waals surface area contributed by atoms with Gasteiger partial charge >= 0.3 is 0 Å². The van der Waals surface area contributed by atoms with Gasteiger partial charge in [0.2, 0.25) is 11.8 Å². The van der Waals surface area contributed by atoms with Crippen molar-refractivity contribution in [3.8, 4) is 0 Å². The highest BCUT2D eigenvalue weighted by Crippen LogP contribution is 2.09. The summed E-state index contributed by atoms with van der Waals surface area (Å²) in [4.78, 5) is 30.5. The van der Waals surface area contributed by atoms with E-state index in [2.05, 4.69) is 15.8 Å². The standard InChI is InChI=1S/C19H38N4O6/c1-6-22-29-14-13-28-12-11-27-10-9-26-8-7-23(5)18(16(2)3)19(25)21-15-17(24)20-4/h6,16,18H,7-15H2,1-5H3,(H,20,24)(H,21,25)/b22-6+. The van der Waals surface area contributed by atoms with Crippen molar-refractivity contribution in [3.05, 3.63) is 0 Å². The van der Waals surface area contributed by atoms with Crippen LogP contribution < -0.4 is 10.6 Å². The molecule has 10 heteroatoms. The van der Waals surface area contributed by atoms with Crippen LogP contribution in [-0.4, -0.2) is 102 Å². The Morgan fingerprint density at radius 3 is 2.07 bits per heavy atom. The lowest BCUT2D eigenvalue weighted by Crippen LogP contribution is -2.50. The van der Waals surface area contributed by atoms with Gasteiger partial charge in [0.1, 0.15) is 6.61 Å². The summed E-state index contributed by atoms with van der Waals surface area (Å²) in [6.45, 7) is 9.59. The Morgan fingerprint density at radius 1 is 1.00 bits per heavy atom. The summed E-state index contributed by atoms with van der Waals surface area (Å²) in [5.74, 6) is -0.287. The van der Waals surface area contributed by atoms with Crippen LogP contribution in [0.3, 0.4) is 0 Å². The topological polar surface area (TPSA) is 111 Å². The highest BCUT2D eigenvalue weighted by Gasteiger charge is 2.26. The van der Waals surface area contributed by atoms with Crippen LogP contribution in [-0.2, 0) is 28.6 Å². The van der Waals surface area contributed by atoms with Crippen LogP contribution in [0.25, 0.3) is 0 Å². The molecular formula is C19H38N4O6. The first kappa shape index (κ1) is 27.2. The SMILES string of the molecule is C/C=N/OCCOCCOCCOCCN(C)C(C(=O)NCC(=O)NC)C(C)C. The van der Waals surface area contributed by atoms with Crippen LogP contribution in [0.5, 0.6) is 0 Å². The van der Waals surface area contributed by atoms with Crippen molar-refractivity contribution in [1.82, 2.24) is 15.5 Å². The third-order valence-corrected chi connectivity index (χ3v) is 3.91. The minimum Gasteiger partial charge on any atom is -0.394 e. The molecule has 0 aliphatic carbocycles. The van der Waals surface area contributed by atoms with Crippen molar-refractivity contribution in [2.75, 3.05) is 73.4 Å². The number of hydrogen-bond donors (Lipinski definition) is 2. The van der Waals surface area contributed by atoms with E-state index in [0.29, 0.717) is 52.8 Å². The lowest BCUT2D eigenvalue weighted by Gasteiger charge is -2.29. The first-order valence-electron chi connectivity index (χ1n) is 9.95. The molecule has 1 unspecified atom stereocenters. The Hall–Kier alpha value is -1.75. The molecule has 0 aliphatic heterocycles. The first-order valence-corrected chi connectivity index (χ1v) is 9.95. The quantitative estimate of drug-likeness (QED) is 0.181. The molecule has 0 saturated carbocycles. The zero-order chi connectivity index (χ0) is 21.9. The van der Waals surface area contributed by atoms with Gasteiger partial charge in [0.25, 0.3) is 0 Å². The monoisotopic (exact) mass is 418 g/mol. The second kappa shape index (κ2) is 18.3. The van der Waals surface area contributed by atoms with E-state index in [4.69, 9.17) is 19.0 Å². The van der Waals surface area contributed by atoms with Crippen molar-refractivity contribution >= 4 is 18.0 Å². The molecule has 0 aromatic carbocycles. The summed E-state index contributed by atoms with van der Waals surface area (Å²) < 4.78 is 16.3. The molecule has 170 valence electrons. The minimum absolute atomic E-state index is 0.0242. The number of carbonyl (C=O) groups excluding carboxylic acids is 2. The van der Waals surface area contributed by atoms with Gasteiger partial charge in [-0.25, -0.2) is 0 Å². The van der Waals surface area contributed by atoms with Gasteiger partial charge in [0.05, 0.1) is 52.2 Å². The lowest BCUT2D eigenvalue weighted by atomic mass is 10.0. The molecule has 0 aromatic rings. The number of amides is 2. The fourth-order valence-corrected chi connectivity index (χ4v) is 2.49. The molecule has 29 heavy (non-hydrogen) atoms. The smallest absolute Gasteiger partial charge is 0.239 e. The molecule has 1 atom stereocenters. The van der Waals surface area contributed by atoms with E-state index in [1.807, 2.05) is 25.8 Å². The Kier molecular flexibility index (Phi) is 17.2. The average Bonchev–Trinajstić information content (AvgIpc) is 2.69.